The lowest BCUT2D eigenvalue weighted by Crippen LogP contribution is -2.28. The van der Waals surface area contributed by atoms with Crippen molar-refractivity contribution in [2.24, 2.45) is 0 Å². The van der Waals surface area contributed by atoms with E-state index in [1.807, 2.05) is 0 Å². The van der Waals surface area contributed by atoms with Crippen LogP contribution in [0.15, 0.2) is 30.3 Å². The molecular weight excluding hydrogens is 360 g/mol. The maximum atomic E-state index is 12.3. The summed E-state index contributed by atoms with van der Waals surface area (Å²) >= 11 is 5.98. The number of rotatable bonds is 8. The summed E-state index contributed by atoms with van der Waals surface area (Å²) in [7, 11) is 4.58. The van der Waals surface area contributed by atoms with Gasteiger partial charge in [0, 0.05) is 24.3 Å². The summed E-state index contributed by atoms with van der Waals surface area (Å²) in [5, 5.41) is 3.03. The van der Waals surface area contributed by atoms with Gasteiger partial charge in [0.05, 0.1) is 44.1 Å². The van der Waals surface area contributed by atoms with E-state index in [9.17, 15) is 4.79 Å². The average Bonchev–Trinajstić information content (AvgIpc) is 2.66. The van der Waals surface area contributed by atoms with Crippen LogP contribution in [0, 0.1) is 0 Å². The zero-order valence-corrected chi connectivity index (χ0v) is 15.6. The smallest absolute Gasteiger partial charge is 0.255 e. The lowest BCUT2D eigenvalue weighted by molar-refractivity contribution is 0.0944. The Hall–Kier alpha value is -2.80. The van der Waals surface area contributed by atoms with Crippen molar-refractivity contribution in [2.45, 2.75) is 0 Å². The molecule has 3 N–H and O–H groups in total. The molecule has 0 radical (unpaired) electrons. The average molecular weight is 381 g/mol. The standard InChI is InChI=1S/C18H21ClN2O5/c1-23-11-6-12(24-2)8-13(7-11)26-5-4-21-18(22)14-9-15(19)16(20)10-17(14)25-3/h6-10H,4-5,20H2,1-3H3,(H,21,22). The van der Waals surface area contributed by atoms with Crippen LogP contribution < -0.4 is 30.0 Å². The molecule has 0 heterocycles. The molecule has 0 saturated carbocycles. The summed E-state index contributed by atoms with van der Waals surface area (Å²) in [5.41, 5.74) is 6.36. The quantitative estimate of drug-likeness (QED) is 0.540. The maximum Gasteiger partial charge on any atom is 0.255 e. The van der Waals surface area contributed by atoms with Crippen molar-refractivity contribution in [3.63, 3.8) is 0 Å². The first-order chi connectivity index (χ1) is 12.5. The topological polar surface area (TPSA) is 92.0 Å². The highest BCUT2D eigenvalue weighted by Crippen LogP contribution is 2.29. The van der Waals surface area contributed by atoms with Crippen LogP contribution in [-0.2, 0) is 0 Å². The fourth-order valence-corrected chi connectivity index (χ4v) is 2.37. The van der Waals surface area contributed by atoms with Crippen LogP contribution in [0.25, 0.3) is 0 Å². The third kappa shape index (κ3) is 4.86. The van der Waals surface area contributed by atoms with Crippen LogP contribution in [0.3, 0.4) is 0 Å². The molecule has 26 heavy (non-hydrogen) atoms. The van der Waals surface area contributed by atoms with Gasteiger partial charge in [0.1, 0.15) is 29.6 Å². The minimum absolute atomic E-state index is 0.257. The second-order valence-corrected chi connectivity index (χ2v) is 5.63. The molecule has 0 saturated heterocycles. The largest absolute Gasteiger partial charge is 0.496 e. The van der Waals surface area contributed by atoms with Crippen molar-refractivity contribution in [2.75, 3.05) is 40.2 Å². The van der Waals surface area contributed by atoms with Crippen LogP contribution in [0.4, 0.5) is 5.69 Å². The Kier molecular flexibility index (Phi) is 6.80. The number of halogens is 1. The molecule has 0 atom stereocenters. The Labute approximate surface area is 156 Å². The van der Waals surface area contributed by atoms with Gasteiger partial charge in [-0.25, -0.2) is 0 Å². The van der Waals surface area contributed by atoms with Gasteiger partial charge in [-0.15, -0.1) is 0 Å². The van der Waals surface area contributed by atoms with E-state index in [4.69, 9.17) is 36.3 Å². The molecule has 2 aromatic rings. The number of hydrogen-bond acceptors (Lipinski definition) is 6. The highest BCUT2D eigenvalue weighted by molar-refractivity contribution is 6.33. The SMILES string of the molecule is COc1cc(OC)cc(OCCNC(=O)c2cc(Cl)c(N)cc2OC)c1. The van der Waals surface area contributed by atoms with Gasteiger partial charge >= 0.3 is 0 Å². The first kappa shape index (κ1) is 19.5. The predicted molar refractivity (Wildman–Crippen MR) is 99.8 cm³/mol. The number of nitrogens with two attached hydrogens (primary N) is 1. The summed E-state index contributed by atoms with van der Waals surface area (Å²) < 4.78 is 21.2. The van der Waals surface area contributed by atoms with Gasteiger partial charge in [0.2, 0.25) is 0 Å². The van der Waals surface area contributed by atoms with E-state index in [1.54, 1.807) is 32.4 Å². The van der Waals surface area contributed by atoms with Crippen LogP contribution >= 0.6 is 11.6 Å². The summed E-state index contributed by atoms with van der Waals surface area (Å²) in [6, 6.07) is 8.18. The monoisotopic (exact) mass is 380 g/mol. The molecular formula is C18H21ClN2O5. The van der Waals surface area contributed by atoms with Gasteiger partial charge in [0.25, 0.3) is 5.91 Å². The number of hydrogen-bond donors (Lipinski definition) is 2. The van der Waals surface area contributed by atoms with Crippen molar-refractivity contribution in [3.05, 3.63) is 40.9 Å². The Balaban J connectivity index is 1.94. The Bertz CT molecular complexity index is 760. The molecule has 0 unspecified atom stereocenters. The van der Waals surface area contributed by atoms with Gasteiger partial charge in [0.15, 0.2) is 0 Å². The molecule has 0 aliphatic rings. The van der Waals surface area contributed by atoms with Crippen molar-refractivity contribution in [3.8, 4) is 23.0 Å². The number of methoxy groups -OCH3 is 3. The first-order valence-electron chi connectivity index (χ1n) is 7.75. The van der Waals surface area contributed by atoms with Crippen molar-refractivity contribution < 1.29 is 23.7 Å². The van der Waals surface area contributed by atoms with Gasteiger partial charge < -0.3 is 30.0 Å². The molecule has 140 valence electrons. The predicted octanol–water partition coefficient (Wildman–Crippen LogP) is 2.76. The van der Waals surface area contributed by atoms with Crippen LogP contribution in [0.1, 0.15) is 10.4 Å². The number of carbonyl (C=O) groups excluding carboxylic acids is 1. The lowest BCUT2D eigenvalue weighted by atomic mass is 10.1. The molecule has 0 aliphatic carbocycles. The molecule has 0 spiro atoms. The van der Waals surface area contributed by atoms with E-state index in [0.29, 0.717) is 34.2 Å². The highest BCUT2D eigenvalue weighted by atomic mass is 35.5. The zero-order valence-electron chi connectivity index (χ0n) is 14.8. The molecule has 0 fully saturated rings. The van der Waals surface area contributed by atoms with E-state index < -0.39 is 0 Å². The normalized spacial score (nSPS) is 10.2. The second kappa shape index (κ2) is 9.05. The summed E-state index contributed by atoms with van der Waals surface area (Å²) in [6.45, 7) is 0.538. The minimum atomic E-state index is -0.337. The van der Waals surface area contributed by atoms with E-state index in [-0.39, 0.29) is 24.1 Å². The van der Waals surface area contributed by atoms with E-state index in [2.05, 4.69) is 5.32 Å². The van der Waals surface area contributed by atoms with Gasteiger partial charge in [-0.3, -0.25) is 4.79 Å². The van der Waals surface area contributed by atoms with Gasteiger partial charge in [-0.1, -0.05) is 11.6 Å². The lowest BCUT2D eigenvalue weighted by Gasteiger charge is -2.12. The highest BCUT2D eigenvalue weighted by Gasteiger charge is 2.14. The van der Waals surface area contributed by atoms with Gasteiger partial charge in [-0.2, -0.15) is 0 Å². The third-order valence-corrected chi connectivity index (χ3v) is 3.87. The molecule has 8 heteroatoms. The fourth-order valence-electron chi connectivity index (χ4n) is 2.21. The number of amides is 1. The fraction of sp³-hybridized carbons (Fsp3) is 0.278. The number of anilines is 1. The second-order valence-electron chi connectivity index (χ2n) is 5.23. The number of benzene rings is 2. The summed E-state index contributed by atoms with van der Waals surface area (Å²) in [6.07, 6.45) is 0. The van der Waals surface area contributed by atoms with Crippen LogP contribution in [0.5, 0.6) is 23.0 Å². The molecule has 0 aliphatic heterocycles. The first-order valence-corrected chi connectivity index (χ1v) is 8.13. The van der Waals surface area contributed by atoms with Crippen LogP contribution in [0.2, 0.25) is 5.02 Å². The third-order valence-electron chi connectivity index (χ3n) is 3.54. The van der Waals surface area contributed by atoms with E-state index in [1.165, 1.54) is 19.2 Å². The number of nitrogen functional groups attached to an aromatic ring is 1. The Morgan fingerprint density at radius 1 is 1.00 bits per heavy atom. The van der Waals surface area contributed by atoms with Gasteiger partial charge in [-0.05, 0) is 6.07 Å². The molecule has 2 rings (SSSR count). The number of carbonyl (C=O) groups is 1. The molecule has 0 aromatic heterocycles. The maximum absolute atomic E-state index is 12.3. The van der Waals surface area contributed by atoms with Crippen LogP contribution in [-0.4, -0.2) is 40.4 Å². The van der Waals surface area contributed by atoms with Crippen molar-refractivity contribution in [1.82, 2.24) is 5.32 Å². The zero-order chi connectivity index (χ0) is 19.1. The molecule has 7 nitrogen and oxygen atoms in total. The van der Waals surface area contributed by atoms with E-state index >= 15 is 0 Å². The van der Waals surface area contributed by atoms with Crippen molar-refractivity contribution in [1.29, 1.82) is 0 Å². The Morgan fingerprint density at radius 3 is 2.19 bits per heavy atom. The Morgan fingerprint density at radius 2 is 1.62 bits per heavy atom. The molecule has 2 aromatic carbocycles. The summed E-state index contributed by atoms with van der Waals surface area (Å²) in [5.74, 6) is 1.82. The van der Waals surface area contributed by atoms with E-state index in [0.717, 1.165) is 0 Å². The summed E-state index contributed by atoms with van der Waals surface area (Å²) in [4.78, 5) is 12.3. The molecule has 1 amide bonds. The number of ether oxygens (including phenoxy) is 4. The molecule has 0 bridgehead atoms. The minimum Gasteiger partial charge on any atom is -0.496 e. The number of nitrogens with one attached hydrogen (secondary N) is 1. The van der Waals surface area contributed by atoms with Crippen molar-refractivity contribution >= 4 is 23.2 Å².